The van der Waals surface area contributed by atoms with Crippen molar-refractivity contribution < 1.29 is 8.78 Å². The second-order valence-corrected chi connectivity index (χ2v) is 3.77. The Bertz CT molecular complexity index is 158. The van der Waals surface area contributed by atoms with Crippen LogP contribution < -0.4 is 0 Å². The fourth-order valence-electron chi connectivity index (χ4n) is 1.32. The van der Waals surface area contributed by atoms with Crippen LogP contribution in [0.4, 0.5) is 8.78 Å². The molecule has 0 heterocycles. The summed E-state index contributed by atoms with van der Waals surface area (Å²) in [7, 11) is 1.87. The van der Waals surface area contributed by atoms with Crippen LogP contribution in [-0.2, 0) is 0 Å². The third kappa shape index (κ3) is 1.53. The summed E-state index contributed by atoms with van der Waals surface area (Å²) >= 11 is 0. The lowest BCUT2D eigenvalue weighted by molar-refractivity contribution is 0.0576. The molecule has 1 unspecified atom stereocenters. The lowest BCUT2D eigenvalue weighted by Crippen LogP contribution is -2.28. The van der Waals surface area contributed by atoms with E-state index in [-0.39, 0.29) is 6.42 Å². The van der Waals surface area contributed by atoms with Crippen molar-refractivity contribution in [1.82, 2.24) is 4.90 Å². The molecule has 0 saturated heterocycles. The largest absolute Gasteiger partial charge is 0.306 e. The molecule has 1 aliphatic rings. The minimum atomic E-state index is -2.41. The summed E-state index contributed by atoms with van der Waals surface area (Å²) in [6, 6.07) is 0. The van der Waals surface area contributed by atoms with Crippen LogP contribution in [0.1, 0.15) is 20.3 Å². The molecule has 0 spiro atoms. The number of alkyl halides is 2. The molecule has 1 saturated carbocycles. The summed E-state index contributed by atoms with van der Waals surface area (Å²) < 4.78 is 25.3. The van der Waals surface area contributed by atoms with Gasteiger partial charge >= 0.3 is 0 Å². The fraction of sp³-hybridized carbons (Fsp3) is 1.00. The monoisotopic (exact) mass is 163 g/mol. The number of nitrogens with zero attached hydrogens (tertiary/aromatic N) is 1. The molecule has 0 aliphatic heterocycles. The van der Waals surface area contributed by atoms with Gasteiger partial charge in [-0.3, -0.25) is 0 Å². The van der Waals surface area contributed by atoms with Crippen LogP contribution in [0.2, 0.25) is 0 Å². The molecule has 3 heteroatoms. The number of rotatable bonds is 3. The first kappa shape index (κ1) is 8.91. The molecule has 1 rings (SSSR count). The second-order valence-electron chi connectivity index (χ2n) is 3.77. The van der Waals surface area contributed by atoms with E-state index in [1.54, 1.807) is 6.92 Å². The first-order valence-corrected chi connectivity index (χ1v) is 3.98. The van der Waals surface area contributed by atoms with E-state index in [4.69, 9.17) is 0 Å². The summed E-state index contributed by atoms with van der Waals surface area (Å²) in [4.78, 5) is 1.93. The zero-order valence-corrected chi connectivity index (χ0v) is 7.32. The topological polar surface area (TPSA) is 3.24 Å². The molecule has 0 aromatic heterocycles. The van der Waals surface area contributed by atoms with Crippen molar-refractivity contribution in [1.29, 1.82) is 0 Å². The van der Waals surface area contributed by atoms with Crippen molar-refractivity contribution in [2.45, 2.75) is 26.2 Å². The molecule has 0 amide bonds. The molecular weight excluding hydrogens is 148 g/mol. The van der Waals surface area contributed by atoms with Crippen molar-refractivity contribution >= 4 is 0 Å². The van der Waals surface area contributed by atoms with E-state index in [1.165, 1.54) is 0 Å². The number of hydrogen-bond acceptors (Lipinski definition) is 1. The number of halogens is 2. The van der Waals surface area contributed by atoms with Gasteiger partial charge in [-0.25, -0.2) is 8.78 Å². The first-order valence-electron chi connectivity index (χ1n) is 3.98. The first-order chi connectivity index (χ1) is 4.91. The molecule has 1 nitrogen and oxygen atoms in total. The van der Waals surface area contributed by atoms with E-state index < -0.39 is 11.3 Å². The van der Waals surface area contributed by atoms with Crippen molar-refractivity contribution in [3.05, 3.63) is 0 Å². The van der Waals surface area contributed by atoms with Crippen LogP contribution in [0, 0.1) is 5.41 Å². The highest BCUT2D eigenvalue weighted by atomic mass is 19.3. The lowest BCUT2D eigenvalue weighted by Gasteiger charge is -2.18. The van der Waals surface area contributed by atoms with E-state index >= 15 is 0 Å². The second kappa shape index (κ2) is 2.41. The molecule has 0 bridgehead atoms. The van der Waals surface area contributed by atoms with Gasteiger partial charge in [-0.1, -0.05) is 13.8 Å². The van der Waals surface area contributed by atoms with Gasteiger partial charge in [0.15, 0.2) is 0 Å². The van der Waals surface area contributed by atoms with Crippen molar-refractivity contribution in [2.75, 3.05) is 20.1 Å². The maximum Gasteiger partial charge on any atom is 0.255 e. The van der Waals surface area contributed by atoms with Crippen LogP contribution >= 0.6 is 0 Å². The van der Waals surface area contributed by atoms with Gasteiger partial charge in [-0.2, -0.15) is 0 Å². The molecule has 1 atom stereocenters. The third-order valence-electron chi connectivity index (χ3n) is 2.53. The molecule has 11 heavy (non-hydrogen) atoms. The van der Waals surface area contributed by atoms with E-state index in [0.29, 0.717) is 6.54 Å². The maximum absolute atomic E-state index is 12.7. The fourth-order valence-corrected chi connectivity index (χ4v) is 1.32. The van der Waals surface area contributed by atoms with Crippen LogP contribution in [-0.4, -0.2) is 31.0 Å². The Hall–Kier alpha value is -0.180. The molecule has 1 aliphatic carbocycles. The lowest BCUT2D eigenvalue weighted by atomic mass is 10.1. The van der Waals surface area contributed by atoms with Crippen LogP contribution in [0.25, 0.3) is 0 Å². The Balaban J connectivity index is 2.40. The standard InChI is InChI=1S/C8H15F2N/c1-4-11(3)6-7(2)5-8(7,9)10/h4-6H2,1-3H3. The summed E-state index contributed by atoms with van der Waals surface area (Å²) in [6.07, 6.45) is 0.0599. The van der Waals surface area contributed by atoms with Gasteiger partial charge in [-0.05, 0) is 13.6 Å². The predicted octanol–water partition coefficient (Wildman–Crippen LogP) is 1.98. The van der Waals surface area contributed by atoms with Crippen molar-refractivity contribution in [3.8, 4) is 0 Å². The highest BCUT2D eigenvalue weighted by molar-refractivity contribution is 5.08. The van der Waals surface area contributed by atoms with E-state index in [9.17, 15) is 8.78 Å². The molecule has 1 fully saturated rings. The van der Waals surface area contributed by atoms with Gasteiger partial charge in [0.2, 0.25) is 0 Å². The zero-order chi connectivity index (χ0) is 8.70. The minimum absolute atomic E-state index is 0.0599. The highest BCUT2D eigenvalue weighted by Gasteiger charge is 2.67. The summed E-state index contributed by atoms with van der Waals surface area (Å²) in [5.74, 6) is -2.41. The number of hydrogen-bond donors (Lipinski definition) is 0. The molecule has 0 aromatic rings. The Morgan fingerprint density at radius 1 is 1.45 bits per heavy atom. The molecule has 66 valence electrons. The Labute approximate surface area is 66.4 Å². The average molecular weight is 163 g/mol. The van der Waals surface area contributed by atoms with E-state index in [1.807, 2.05) is 18.9 Å². The molecule has 0 N–H and O–H groups in total. The van der Waals surface area contributed by atoms with E-state index in [2.05, 4.69) is 0 Å². The Morgan fingerprint density at radius 3 is 2.18 bits per heavy atom. The predicted molar refractivity (Wildman–Crippen MR) is 40.8 cm³/mol. The highest BCUT2D eigenvalue weighted by Crippen LogP contribution is 2.60. The SMILES string of the molecule is CCN(C)CC1(C)CC1(F)F. The van der Waals surface area contributed by atoms with Crippen LogP contribution in [0.5, 0.6) is 0 Å². The van der Waals surface area contributed by atoms with Gasteiger partial charge < -0.3 is 4.90 Å². The van der Waals surface area contributed by atoms with Crippen molar-refractivity contribution in [3.63, 3.8) is 0 Å². The summed E-state index contributed by atoms with van der Waals surface area (Å²) in [5.41, 5.74) is -0.738. The van der Waals surface area contributed by atoms with Crippen molar-refractivity contribution in [2.24, 2.45) is 5.41 Å². The smallest absolute Gasteiger partial charge is 0.255 e. The van der Waals surface area contributed by atoms with Gasteiger partial charge in [0.05, 0.1) is 0 Å². The average Bonchev–Trinajstić information content (AvgIpc) is 2.31. The Kier molecular flexibility index (Phi) is 1.95. The summed E-state index contributed by atoms with van der Waals surface area (Å²) in [5, 5.41) is 0. The van der Waals surface area contributed by atoms with Crippen LogP contribution in [0.15, 0.2) is 0 Å². The quantitative estimate of drug-likeness (QED) is 0.615. The van der Waals surface area contributed by atoms with E-state index in [0.717, 1.165) is 6.54 Å². The van der Waals surface area contributed by atoms with Gasteiger partial charge in [0.25, 0.3) is 5.92 Å². The minimum Gasteiger partial charge on any atom is -0.306 e. The van der Waals surface area contributed by atoms with Crippen LogP contribution in [0.3, 0.4) is 0 Å². The third-order valence-corrected chi connectivity index (χ3v) is 2.53. The molecule has 0 aromatic carbocycles. The van der Waals surface area contributed by atoms with Gasteiger partial charge in [0.1, 0.15) is 0 Å². The molecular formula is C8H15F2N. The maximum atomic E-state index is 12.7. The Morgan fingerprint density at radius 2 is 1.91 bits per heavy atom. The molecule has 0 radical (unpaired) electrons. The van der Waals surface area contributed by atoms with Gasteiger partial charge in [0, 0.05) is 18.4 Å². The summed E-state index contributed by atoms with van der Waals surface area (Å²) in [6.45, 7) is 4.98. The zero-order valence-electron chi connectivity index (χ0n) is 7.32. The normalized spacial score (nSPS) is 34.4. The van der Waals surface area contributed by atoms with Gasteiger partial charge in [-0.15, -0.1) is 0 Å².